The van der Waals surface area contributed by atoms with Crippen molar-refractivity contribution in [2.24, 2.45) is 23.7 Å². The molecule has 9 unspecified atom stereocenters. The van der Waals surface area contributed by atoms with Gasteiger partial charge in [-0.05, 0) is 32.8 Å². The van der Waals surface area contributed by atoms with E-state index < -0.39 is 89.6 Å². The van der Waals surface area contributed by atoms with Crippen molar-refractivity contribution in [1.29, 1.82) is 0 Å². The minimum atomic E-state index is -2.02. The van der Waals surface area contributed by atoms with Crippen LogP contribution in [0.5, 0.6) is 23.0 Å². The van der Waals surface area contributed by atoms with Crippen molar-refractivity contribution in [1.82, 2.24) is 4.90 Å². The monoisotopic (exact) mass is 836 g/mol. The molecule has 3 aliphatic heterocycles. The highest BCUT2D eigenvalue weighted by atomic mass is 16.7. The fourth-order valence-electron chi connectivity index (χ4n) is 8.48. The molecule has 5 bridgehead atoms. The first-order chi connectivity index (χ1) is 28.2. The number of carbonyl (C=O) groups is 4. The third-order valence-corrected chi connectivity index (χ3v) is 12.4. The summed E-state index contributed by atoms with van der Waals surface area (Å²) >= 11 is 0. The Hall–Kier alpha value is -5.12. The van der Waals surface area contributed by atoms with Gasteiger partial charge in [-0.25, -0.2) is 0 Å². The minimum absolute atomic E-state index is 0.0487. The number of nitrogens with zero attached hydrogens (tertiary/aromatic N) is 1. The van der Waals surface area contributed by atoms with Gasteiger partial charge in [-0.15, -0.1) is 0 Å². The van der Waals surface area contributed by atoms with Crippen LogP contribution in [0.15, 0.2) is 42.2 Å². The first kappa shape index (κ1) is 46.0. The zero-order chi connectivity index (χ0) is 44.4. The van der Waals surface area contributed by atoms with E-state index in [4.69, 9.17) is 23.7 Å². The number of ketones is 1. The van der Waals surface area contributed by atoms with Crippen molar-refractivity contribution < 1.29 is 63.3 Å². The lowest BCUT2D eigenvalue weighted by molar-refractivity contribution is -0.160. The van der Waals surface area contributed by atoms with Gasteiger partial charge in [-0.3, -0.25) is 19.2 Å². The van der Waals surface area contributed by atoms with Crippen LogP contribution in [-0.2, 0) is 28.6 Å². The van der Waals surface area contributed by atoms with Gasteiger partial charge in [0, 0.05) is 80.3 Å². The molecule has 0 spiro atoms. The zero-order valence-corrected chi connectivity index (χ0v) is 36.1. The average Bonchev–Trinajstić information content (AvgIpc) is 3.85. The van der Waals surface area contributed by atoms with Crippen LogP contribution in [-0.4, -0.2) is 106 Å². The Balaban J connectivity index is 1.66. The standard InChI is InChI=1S/C45H60N2O13/c1-22-14-13-15-23(2)44(55)46-30-20-32(57-21-33(49)47(9)29-16-11-12-17-29)34-35(40(30)53)39(52)27(6)42-36(34)43(54)45(8,60-42)58-19-18-31(56-10)24(3)41(59-28(7)48)26(5)38(51)25(4)37(22)50/h13-15,18-20,22,24-26,29,31,37-38,41,50-53H,11-12,16-17,21H2,1-10H3,(H,46,55)/b14-13+,19-18+,23-15?. The minimum Gasteiger partial charge on any atom is -0.507 e. The van der Waals surface area contributed by atoms with Gasteiger partial charge in [0.1, 0.15) is 23.4 Å². The number of esters is 1. The van der Waals surface area contributed by atoms with Crippen LogP contribution in [0.1, 0.15) is 90.1 Å². The van der Waals surface area contributed by atoms with Gasteiger partial charge >= 0.3 is 11.8 Å². The van der Waals surface area contributed by atoms with E-state index in [2.05, 4.69) is 5.32 Å². The number of Topliss-reactive ketones (excluding diaryl/α,β-unsaturated/α-hetero) is 1. The number of anilines is 1. The number of aromatic hydroxyl groups is 2. The summed E-state index contributed by atoms with van der Waals surface area (Å²) in [5.74, 6) is -7.91. The molecule has 0 aromatic heterocycles. The highest BCUT2D eigenvalue weighted by Crippen LogP contribution is 2.54. The number of fused-ring (bicyclic) bond motifs is 14. The van der Waals surface area contributed by atoms with Crippen molar-refractivity contribution in [3.63, 3.8) is 0 Å². The van der Waals surface area contributed by atoms with Crippen molar-refractivity contribution in [2.75, 3.05) is 26.1 Å². The van der Waals surface area contributed by atoms with Gasteiger partial charge in [-0.2, -0.15) is 0 Å². The van der Waals surface area contributed by atoms with Crippen LogP contribution in [0, 0.1) is 30.6 Å². The number of methoxy groups -OCH3 is 1. The molecule has 328 valence electrons. The van der Waals surface area contributed by atoms with E-state index in [1.54, 1.807) is 51.8 Å². The largest absolute Gasteiger partial charge is 0.507 e. The number of benzene rings is 2. The maximum Gasteiger partial charge on any atom is 0.312 e. The number of phenolic OH excluding ortho intramolecular Hbond substituents is 2. The Morgan fingerprint density at radius 1 is 0.967 bits per heavy atom. The number of hydrogen-bond donors (Lipinski definition) is 5. The summed E-state index contributed by atoms with van der Waals surface area (Å²) in [6.07, 6.45) is 7.37. The molecule has 2 aromatic rings. The summed E-state index contributed by atoms with van der Waals surface area (Å²) < 4.78 is 29.9. The predicted molar refractivity (Wildman–Crippen MR) is 223 cm³/mol. The van der Waals surface area contributed by atoms with Gasteiger partial charge in [-0.1, -0.05) is 58.8 Å². The summed E-state index contributed by atoms with van der Waals surface area (Å²) in [6, 6.07) is 1.34. The Labute approximate surface area is 351 Å². The molecule has 4 aliphatic rings. The van der Waals surface area contributed by atoms with Crippen LogP contribution in [0.25, 0.3) is 10.8 Å². The summed E-state index contributed by atoms with van der Waals surface area (Å²) in [7, 11) is 3.15. The summed E-state index contributed by atoms with van der Waals surface area (Å²) in [6.45, 7) is 12.1. The number of aliphatic hydroxyl groups is 2. The summed E-state index contributed by atoms with van der Waals surface area (Å²) in [5.41, 5.74) is 0.0258. The number of allylic oxidation sites excluding steroid dienone is 2. The first-order valence-corrected chi connectivity index (χ1v) is 20.5. The number of rotatable bonds is 6. The summed E-state index contributed by atoms with van der Waals surface area (Å²) in [4.78, 5) is 55.5. The van der Waals surface area contributed by atoms with E-state index in [9.17, 15) is 39.6 Å². The lowest BCUT2D eigenvalue weighted by atomic mass is 9.78. The van der Waals surface area contributed by atoms with Crippen LogP contribution in [0.4, 0.5) is 5.69 Å². The fourth-order valence-corrected chi connectivity index (χ4v) is 8.48. The third-order valence-electron chi connectivity index (χ3n) is 12.4. The molecular weight excluding hydrogens is 776 g/mol. The van der Waals surface area contributed by atoms with Crippen molar-refractivity contribution in [2.45, 2.75) is 117 Å². The number of phenols is 2. The molecule has 1 saturated carbocycles. The fraction of sp³-hybridized carbons (Fsp3) is 0.556. The maximum absolute atomic E-state index is 14.5. The van der Waals surface area contributed by atoms with E-state index in [1.165, 1.54) is 59.3 Å². The lowest BCUT2D eigenvalue weighted by Gasteiger charge is -2.38. The van der Waals surface area contributed by atoms with Crippen LogP contribution < -0.4 is 14.8 Å². The maximum atomic E-state index is 14.5. The quantitative estimate of drug-likeness (QED) is 0.172. The molecule has 6 rings (SSSR count). The molecule has 5 N–H and O–H groups in total. The average molecular weight is 837 g/mol. The van der Waals surface area contributed by atoms with Gasteiger partial charge in [0.15, 0.2) is 12.4 Å². The first-order valence-electron chi connectivity index (χ1n) is 20.5. The molecule has 15 nitrogen and oxygen atoms in total. The second-order valence-electron chi connectivity index (χ2n) is 16.6. The lowest BCUT2D eigenvalue weighted by Crippen LogP contribution is -2.46. The number of aliphatic hydroxyl groups excluding tert-OH is 2. The van der Waals surface area contributed by atoms with Crippen molar-refractivity contribution in [3.05, 3.63) is 53.3 Å². The van der Waals surface area contributed by atoms with E-state index in [0.29, 0.717) is 0 Å². The normalized spacial score (nSPS) is 30.3. The zero-order valence-electron chi connectivity index (χ0n) is 36.1. The Morgan fingerprint density at radius 2 is 1.63 bits per heavy atom. The molecule has 0 radical (unpaired) electrons. The predicted octanol–water partition coefficient (Wildman–Crippen LogP) is 5.83. The van der Waals surface area contributed by atoms with E-state index in [1.807, 2.05) is 0 Å². The molecule has 1 fully saturated rings. The molecular formula is C45H60N2O13. The van der Waals surface area contributed by atoms with Gasteiger partial charge in [0.25, 0.3) is 17.6 Å². The topological polar surface area (TPSA) is 211 Å². The Morgan fingerprint density at radius 3 is 2.27 bits per heavy atom. The Kier molecular flexibility index (Phi) is 14.3. The van der Waals surface area contributed by atoms with Gasteiger partial charge < -0.3 is 54.3 Å². The molecule has 1 aliphatic carbocycles. The molecule has 9 atom stereocenters. The number of amides is 2. The third kappa shape index (κ3) is 9.13. The van der Waals surface area contributed by atoms with E-state index in [-0.39, 0.29) is 56.6 Å². The van der Waals surface area contributed by atoms with E-state index in [0.717, 1.165) is 25.7 Å². The SMILES string of the molecule is COC1/C=C/OC2(C)Oc3c(C)c(O)c4c(O)c(cc(OCC(=O)N(C)C5CCCC5)c4c3C2=O)NC(=O)C(C)=C/C=C/C(C)C(O)C(C)C(O)C(C)C(OC(C)=O)C1C. The molecule has 0 saturated heterocycles. The highest BCUT2D eigenvalue weighted by Gasteiger charge is 2.50. The molecule has 2 amide bonds. The number of nitrogens with one attached hydrogen (secondary N) is 1. The van der Waals surface area contributed by atoms with E-state index >= 15 is 0 Å². The Bertz CT molecular complexity index is 2070. The summed E-state index contributed by atoms with van der Waals surface area (Å²) in [5, 5.41) is 48.6. The second-order valence-corrected chi connectivity index (χ2v) is 16.6. The van der Waals surface area contributed by atoms with Crippen LogP contribution in [0.3, 0.4) is 0 Å². The number of carbonyl (C=O) groups excluding carboxylic acids is 4. The highest BCUT2D eigenvalue weighted by molar-refractivity contribution is 6.21. The molecule has 3 heterocycles. The number of likely N-dealkylation sites (N-methyl/N-ethyl adjacent to an activating group) is 1. The number of hydrogen-bond acceptors (Lipinski definition) is 13. The second kappa shape index (κ2) is 18.7. The van der Waals surface area contributed by atoms with Crippen LogP contribution in [0.2, 0.25) is 0 Å². The van der Waals surface area contributed by atoms with Gasteiger partial charge in [0.2, 0.25) is 0 Å². The number of ether oxygens (including phenoxy) is 5. The molecule has 60 heavy (non-hydrogen) atoms. The van der Waals surface area contributed by atoms with Crippen molar-refractivity contribution >= 4 is 40.0 Å². The molecule has 15 heteroatoms. The molecule has 2 aromatic carbocycles. The van der Waals surface area contributed by atoms with Crippen LogP contribution >= 0.6 is 0 Å². The van der Waals surface area contributed by atoms with Gasteiger partial charge in [0.05, 0.1) is 41.2 Å². The van der Waals surface area contributed by atoms with Crippen molar-refractivity contribution in [3.8, 4) is 23.0 Å². The smallest absolute Gasteiger partial charge is 0.312 e.